The standard InChI is InChI=1S/C20H22BrN7O.C14H9BrN6O2/c1-28(2)6-4-3-5-14(29)18-17(21)16-19(24-11-25-20(16)27-18)26-15-7-12-8-22-9-13(12)10-23-15;15-10-9-12(18-5-19-13(9)21-11(10)14(22)23)20-8-1-6-2-16-3-7(6)4-17-8/h7-8,10-11H,3-6,9H2,1-2H3,(H2,23,24,25,26,27);1-2,4-5H,3H2,(H,22,23)(H2,17,18,19,20,21). The molecule has 2 aliphatic heterocycles. The zero-order valence-electron chi connectivity index (χ0n) is 27.9. The molecule has 0 atom stereocenters. The number of halogens is 2. The van der Waals surface area contributed by atoms with Crippen molar-refractivity contribution in [2.45, 2.75) is 32.4 Å². The number of nitrogens with one attached hydrogen (secondary N) is 4. The first kappa shape index (κ1) is 35.0. The number of Topliss-reactive ketones (excluding diaryl/α,β-unsaturated/α-hetero) is 1. The number of hydrogen-bond donors (Lipinski definition) is 5. The van der Waals surface area contributed by atoms with Crippen LogP contribution >= 0.6 is 31.9 Å². The van der Waals surface area contributed by atoms with Gasteiger partial charge in [0.15, 0.2) is 5.78 Å². The summed E-state index contributed by atoms with van der Waals surface area (Å²) in [5.74, 6) is 1.31. The molecule has 5 N–H and O–H groups in total. The van der Waals surface area contributed by atoms with Crippen LogP contribution in [0.4, 0.5) is 23.3 Å². The van der Waals surface area contributed by atoms with Gasteiger partial charge in [0.2, 0.25) is 0 Å². The Balaban J connectivity index is 0.000000166. The van der Waals surface area contributed by atoms with E-state index >= 15 is 0 Å². The highest BCUT2D eigenvalue weighted by Crippen LogP contribution is 2.35. The van der Waals surface area contributed by atoms with Crippen molar-refractivity contribution >= 4 is 101 Å². The summed E-state index contributed by atoms with van der Waals surface area (Å²) < 4.78 is 1.07. The fraction of sp³-hybridized carbons (Fsp3) is 0.235. The molecule has 0 radical (unpaired) electrons. The summed E-state index contributed by atoms with van der Waals surface area (Å²) in [6.45, 7) is 2.29. The number of aromatic carboxylic acids is 1. The Morgan fingerprint density at radius 1 is 0.769 bits per heavy atom. The van der Waals surface area contributed by atoms with Gasteiger partial charge in [-0.15, -0.1) is 0 Å². The largest absolute Gasteiger partial charge is 0.477 e. The molecule has 6 aromatic heterocycles. The molecule has 0 saturated carbocycles. The molecule has 18 heteroatoms. The summed E-state index contributed by atoms with van der Waals surface area (Å²) >= 11 is 6.87. The van der Waals surface area contributed by atoms with E-state index in [9.17, 15) is 14.7 Å². The average Bonchev–Trinajstić information content (AvgIpc) is 3.93. The number of carbonyl (C=O) groups excluding carboxylic acids is 1. The molecule has 6 aromatic rings. The Morgan fingerprint density at radius 3 is 1.81 bits per heavy atom. The van der Waals surface area contributed by atoms with E-state index in [1.807, 2.05) is 38.6 Å². The number of pyridine rings is 2. The summed E-state index contributed by atoms with van der Waals surface area (Å²) in [5, 5.41) is 16.8. The minimum atomic E-state index is -1.08. The number of unbranched alkanes of at least 4 members (excludes halogenated alkanes) is 1. The third-order valence-corrected chi connectivity index (χ3v) is 9.92. The van der Waals surface area contributed by atoms with E-state index in [0.717, 1.165) is 47.0 Å². The van der Waals surface area contributed by atoms with Crippen LogP contribution in [0.25, 0.3) is 22.1 Å². The van der Waals surface area contributed by atoms with E-state index < -0.39 is 5.97 Å². The quantitative estimate of drug-likeness (QED) is 0.0730. The average molecular weight is 830 g/mol. The van der Waals surface area contributed by atoms with E-state index in [1.165, 1.54) is 12.7 Å². The first-order valence-electron chi connectivity index (χ1n) is 16.1. The highest BCUT2D eigenvalue weighted by molar-refractivity contribution is 9.11. The molecule has 0 aliphatic carbocycles. The molecule has 2 aliphatic rings. The maximum Gasteiger partial charge on any atom is 0.353 e. The normalized spacial score (nSPS) is 12.6. The van der Waals surface area contributed by atoms with Gasteiger partial charge < -0.3 is 30.6 Å². The fourth-order valence-electron chi connectivity index (χ4n) is 5.71. The van der Waals surface area contributed by atoms with Crippen molar-refractivity contribution in [3.8, 4) is 0 Å². The Morgan fingerprint density at radius 2 is 1.29 bits per heavy atom. The zero-order chi connectivity index (χ0) is 36.4. The maximum atomic E-state index is 12.7. The van der Waals surface area contributed by atoms with Gasteiger partial charge in [-0.05, 0) is 77.5 Å². The van der Waals surface area contributed by atoms with Crippen molar-refractivity contribution in [1.29, 1.82) is 0 Å². The second-order valence-electron chi connectivity index (χ2n) is 12.2. The van der Waals surface area contributed by atoms with Crippen molar-refractivity contribution in [1.82, 2.24) is 44.8 Å². The molecule has 0 fully saturated rings. The molecule has 0 amide bonds. The number of aromatic nitrogens is 8. The predicted molar refractivity (Wildman–Crippen MR) is 205 cm³/mol. The first-order chi connectivity index (χ1) is 25.2. The molecule has 16 nitrogen and oxygen atoms in total. The molecule has 0 unspecified atom stereocenters. The zero-order valence-corrected chi connectivity index (χ0v) is 31.1. The smallest absolute Gasteiger partial charge is 0.353 e. The number of aliphatic imine (C=N–C) groups is 2. The number of aromatic amines is 2. The molecular weight excluding hydrogens is 798 g/mol. The summed E-state index contributed by atoms with van der Waals surface area (Å²) in [4.78, 5) is 66.1. The lowest BCUT2D eigenvalue weighted by Crippen LogP contribution is -2.13. The summed E-state index contributed by atoms with van der Waals surface area (Å²) in [6, 6.07) is 3.82. The molecule has 0 bridgehead atoms. The van der Waals surface area contributed by atoms with Gasteiger partial charge in [0.1, 0.15) is 52.9 Å². The third kappa shape index (κ3) is 7.30. The highest BCUT2D eigenvalue weighted by Gasteiger charge is 2.22. The molecule has 0 spiro atoms. The number of hydrogen-bond acceptors (Lipinski definition) is 13. The molecule has 8 heterocycles. The molecule has 0 saturated heterocycles. The fourth-order valence-corrected chi connectivity index (χ4v) is 7.05. The lowest BCUT2D eigenvalue weighted by atomic mass is 10.1. The number of fused-ring (bicyclic) bond motifs is 4. The second-order valence-corrected chi connectivity index (χ2v) is 13.8. The molecule has 52 heavy (non-hydrogen) atoms. The Hall–Kier alpha value is -5.46. The number of carboxylic acid groups (broad SMARTS) is 1. The molecule has 0 aromatic carbocycles. The van der Waals surface area contributed by atoms with Gasteiger partial charge in [-0.25, -0.2) is 34.7 Å². The summed E-state index contributed by atoms with van der Waals surface area (Å²) in [6.07, 6.45) is 12.4. The van der Waals surface area contributed by atoms with Crippen LogP contribution in [0.3, 0.4) is 0 Å². The van der Waals surface area contributed by atoms with Crippen LogP contribution in [0.2, 0.25) is 0 Å². The number of nitrogens with zero attached hydrogens (tertiary/aromatic N) is 9. The van der Waals surface area contributed by atoms with Gasteiger partial charge >= 0.3 is 5.97 Å². The summed E-state index contributed by atoms with van der Waals surface area (Å²) in [7, 11) is 4.07. The number of carbonyl (C=O) groups is 2. The van der Waals surface area contributed by atoms with E-state index in [1.54, 1.807) is 12.4 Å². The second kappa shape index (κ2) is 15.0. The van der Waals surface area contributed by atoms with Crippen LogP contribution in [0.5, 0.6) is 0 Å². The molecule has 8 rings (SSSR count). The monoisotopic (exact) mass is 827 g/mol. The van der Waals surface area contributed by atoms with Crippen LogP contribution in [-0.4, -0.2) is 94.7 Å². The van der Waals surface area contributed by atoms with Gasteiger partial charge in [-0.2, -0.15) is 0 Å². The van der Waals surface area contributed by atoms with Gasteiger partial charge in [0, 0.05) is 53.5 Å². The minimum absolute atomic E-state index is 0.0256. The van der Waals surface area contributed by atoms with Crippen molar-refractivity contribution in [3.63, 3.8) is 0 Å². The van der Waals surface area contributed by atoms with Crippen molar-refractivity contribution < 1.29 is 14.7 Å². The lowest BCUT2D eigenvalue weighted by molar-refractivity contribution is 0.0690. The summed E-state index contributed by atoms with van der Waals surface area (Å²) in [5.41, 5.74) is 5.82. The van der Waals surface area contributed by atoms with Gasteiger partial charge in [0.25, 0.3) is 0 Å². The highest BCUT2D eigenvalue weighted by atomic mass is 79.9. The van der Waals surface area contributed by atoms with E-state index in [0.29, 0.717) is 74.1 Å². The molecule has 264 valence electrons. The van der Waals surface area contributed by atoms with E-state index in [2.05, 4.69) is 97.3 Å². The number of anilines is 4. The van der Waals surface area contributed by atoms with E-state index in [4.69, 9.17) is 0 Å². The maximum absolute atomic E-state index is 12.7. The van der Waals surface area contributed by atoms with Crippen LogP contribution in [0, 0.1) is 0 Å². The lowest BCUT2D eigenvalue weighted by Gasteiger charge is -2.08. The first-order valence-corrected chi connectivity index (χ1v) is 17.7. The number of H-pyrrole nitrogens is 2. The van der Waals surface area contributed by atoms with E-state index in [-0.39, 0.29) is 11.5 Å². The Kier molecular flexibility index (Phi) is 10.1. The number of ketones is 1. The number of carboxylic acids is 1. The van der Waals surface area contributed by atoms with Crippen LogP contribution < -0.4 is 10.6 Å². The number of rotatable bonds is 11. The van der Waals surface area contributed by atoms with Crippen molar-refractivity contribution in [2.75, 3.05) is 31.3 Å². The van der Waals surface area contributed by atoms with Crippen LogP contribution in [-0.2, 0) is 13.1 Å². The van der Waals surface area contributed by atoms with Crippen molar-refractivity contribution in [2.24, 2.45) is 9.98 Å². The third-order valence-electron chi connectivity index (χ3n) is 8.33. The van der Waals surface area contributed by atoms with Gasteiger partial charge in [0.05, 0.1) is 38.5 Å². The van der Waals surface area contributed by atoms with Crippen molar-refractivity contribution in [3.05, 3.63) is 79.8 Å². The van der Waals surface area contributed by atoms with Crippen LogP contribution in [0.15, 0.2) is 56.1 Å². The Labute approximate surface area is 313 Å². The Bertz CT molecular complexity index is 2400. The van der Waals surface area contributed by atoms with Gasteiger partial charge in [-0.1, -0.05) is 0 Å². The molecular formula is C34H31Br2N13O3. The van der Waals surface area contributed by atoms with Crippen LogP contribution in [0.1, 0.15) is 62.5 Å². The van der Waals surface area contributed by atoms with Gasteiger partial charge in [-0.3, -0.25) is 14.8 Å². The topological polar surface area (TPSA) is 215 Å². The minimum Gasteiger partial charge on any atom is -0.477 e. The predicted octanol–water partition coefficient (Wildman–Crippen LogP) is 6.20. The SMILES string of the molecule is CN(C)CCCCC(=O)c1[nH]c2ncnc(Nc3cc4c(cn3)CN=C4)c2c1Br.O=C(O)c1[nH]c2ncnc(Nc3cc4c(cn3)CN=C4)c2c1Br.